The fourth-order valence-corrected chi connectivity index (χ4v) is 4.87. The molecule has 0 spiro atoms. The first kappa shape index (κ1) is 19.3. The van der Waals surface area contributed by atoms with Gasteiger partial charge < -0.3 is 14.6 Å². The number of rotatable bonds is 4. The number of ether oxygens (including phenoxy) is 1. The molecule has 1 aromatic heterocycles. The fraction of sp³-hybridized carbons (Fsp3) is 0.571. The van der Waals surface area contributed by atoms with Crippen molar-refractivity contribution in [2.24, 2.45) is 11.8 Å². The Labute approximate surface area is 170 Å². The molecule has 2 aliphatic carbocycles. The molecule has 2 saturated carbocycles. The highest BCUT2D eigenvalue weighted by Crippen LogP contribution is 2.46. The predicted octanol–water partition coefficient (Wildman–Crippen LogP) is 5.68. The van der Waals surface area contributed by atoms with Crippen molar-refractivity contribution in [1.82, 2.24) is 10.5 Å². The topological polar surface area (TPSA) is 47.3 Å². The van der Waals surface area contributed by atoms with Gasteiger partial charge in [-0.1, -0.05) is 40.8 Å². The van der Waals surface area contributed by atoms with Gasteiger partial charge in [0.15, 0.2) is 0 Å². The molecule has 3 aliphatic rings. The van der Waals surface area contributed by atoms with Crippen LogP contribution in [0.2, 0.25) is 10.0 Å². The van der Waals surface area contributed by atoms with Crippen LogP contribution in [0.3, 0.4) is 0 Å². The molecule has 5 rings (SSSR count). The number of hydrogen-bond donors (Lipinski definition) is 1. The quantitative estimate of drug-likeness (QED) is 0.706. The Morgan fingerprint density at radius 2 is 1.78 bits per heavy atom. The van der Waals surface area contributed by atoms with E-state index in [1.807, 2.05) is 6.07 Å². The summed E-state index contributed by atoms with van der Waals surface area (Å²) in [6.07, 6.45) is 6.77. The summed E-state index contributed by atoms with van der Waals surface area (Å²) in [6, 6.07) is 5.40. The van der Waals surface area contributed by atoms with Crippen LogP contribution in [0.1, 0.15) is 49.3 Å². The molecule has 2 heterocycles. The second-order valence-electron chi connectivity index (χ2n) is 7.79. The molecular formula is C21H26Cl2N2O2. The maximum atomic E-state index is 6.23. The SMILES string of the molecule is C1CC2CNCC2C1.COCc1c(-c2c(Cl)cccc2Cl)noc1C1CC1. The van der Waals surface area contributed by atoms with Gasteiger partial charge in [-0.2, -0.15) is 0 Å². The Bertz CT molecular complexity index is 748. The van der Waals surface area contributed by atoms with E-state index in [0.29, 0.717) is 33.8 Å². The van der Waals surface area contributed by atoms with Crippen LogP contribution >= 0.6 is 23.2 Å². The van der Waals surface area contributed by atoms with Gasteiger partial charge in [0.05, 0.1) is 16.7 Å². The van der Waals surface area contributed by atoms with E-state index in [9.17, 15) is 0 Å². The Kier molecular flexibility index (Phi) is 6.08. The van der Waals surface area contributed by atoms with E-state index in [0.717, 1.165) is 36.0 Å². The monoisotopic (exact) mass is 408 g/mol. The summed E-state index contributed by atoms with van der Waals surface area (Å²) in [5.74, 6) is 3.51. The second kappa shape index (κ2) is 8.52. The molecule has 1 aliphatic heterocycles. The Balaban J connectivity index is 0.000000186. The molecule has 0 radical (unpaired) electrons. The predicted molar refractivity (Wildman–Crippen MR) is 108 cm³/mol. The maximum Gasteiger partial charge on any atom is 0.145 e. The highest BCUT2D eigenvalue weighted by Gasteiger charge is 2.33. The number of aromatic nitrogens is 1. The zero-order chi connectivity index (χ0) is 18.8. The maximum absolute atomic E-state index is 6.23. The summed E-state index contributed by atoms with van der Waals surface area (Å²) in [7, 11) is 1.65. The minimum Gasteiger partial charge on any atom is -0.380 e. The van der Waals surface area contributed by atoms with Gasteiger partial charge in [0.1, 0.15) is 11.5 Å². The summed E-state index contributed by atoms with van der Waals surface area (Å²) >= 11 is 12.5. The van der Waals surface area contributed by atoms with E-state index in [-0.39, 0.29) is 0 Å². The third-order valence-corrected chi connectivity index (χ3v) is 6.51. The Hall–Kier alpha value is -1.07. The van der Waals surface area contributed by atoms with Gasteiger partial charge in [0.25, 0.3) is 0 Å². The number of nitrogens with one attached hydrogen (secondary N) is 1. The summed E-state index contributed by atoms with van der Waals surface area (Å²) in [5, 5.41) is 8.73. The molecule has 1 aromatic carbocycles. The fourth-order valence-electron chi connectivity index (χ4n) is 4.30. The van der Waals surface area contributed by atoms with E-state index < -0.39 is 0 Å². The van der Waals surface area contributed by atoms with Crippen molar-refractivity contribution in [2.45, 2.75) is 44.6 Å². The molecule has 0 bridgehead atoms. The Morgan fingerprint density at radius 3 is 2.37 bits per heavy atom. The number of nitrogens with zero attached hydrogens (tertiary/aromatic N) is 1. The third-order valence-electron chi connectivity index (χ3n) is 5.88. The van der Waals surface area contributed by atoms with Crippen LogP contribution in [-0.2, 0) is 11.3 Å². The van der Waals surface area contributed by atoms with Crippen molar-refractivity contribution >= 4 is 23.2 Å². The highest BCUT2D eigenvalue weighted by atomic mass is 35.5. The molecule has 2 aromatic rings. The Morgan fingerprint density at radius 1 is 1.11 bits per heavy atom. The zero-order valence-corrected chi connectivity index (χ0v) is 17.2. The zero-order valence-electron chi connectivity index (χ0n) is 15.6. The van der Waals surface area contributed by atoms with Crippen LogP contribution in [0.5, 0.6) is 0 Å². The minimum atomic E-state index is 0.451. The molecule has 1 saturated heterocycles. The average Bonchev–Trinajstić information content (AvgIpc) is 3.03. The van der Waals surface area contributed by atoms with Crippen molar-refractivity contribution in [2.75, 3.05) is 20.2 Å². The number of halogens is 2. The van der Waals surface area contributed by atoms with Gasteiger partial charge in [0.2, 0.25) is 0 Å². The lowest BCUT2D eigenvalue weighted by atomic mass is 10.0. The van der Waals surface area contributed by atoms with Crippen LogP contribution in [0, 0.1) is 11.8 Å². The summed E-state index contributed by atoms with van der Waals surface area (Å²) in [5.41, 5.74) is 2.37. The van der Waals surface area contributed by atoms with Gasteiger partial charge in [-0.15, -0.1) is 0 Å². The molecule has 2 unspecified atom stereocenters. The van der Waals surface area contributed by atoms with Crippen molar-refractivity contribution in [1.29, 1.82) is 0 Å². The van der Waals surface area contributed by atoms with Crippen molar-refractivity contribution in [3.05, 3.63) is 39.6 Å². The van der Waals surface area contributed by atoms with Crippen LogP contribution in [0.25, 0.3) is 11.3 Å². The van der Waals surface area contributed by atoms with Gasteiger partial charge in [-0.05, 0) is 62.7 Å². The molecule has 146 valence electrons. The van der Waals surface area contributed by atoms with E-state index in [4.69, 9.17) is 32.5 Å². The first-order valence-electron chi connectivity index (χ1n) is 9.81. The first-order valence-corrected chi connectivity index (χ1v) is 10.6. The largest absolute Gasteiger partial charge is 0.380 e. The van der Waals surface area contributed by atoms with Gasteiger partial charge >= 0.3 is 0 Å². The highest BCUT2D eigenvalue weighted by molar-refractivity contribution is 6.39. The number of methoxy groups -OCH3 is 1. The molecule has 3 fully saturated rings. The third kappa shape index (κ3) is 4.19. The standard InChI is InChI=1S/C14H13Cl2NO2.C7H13N/c1-18-7-9-13(17-19-14(9)8-5-6-8)12-10(15)3-2-4-11(12)16;1-2-6-4-8-5-7(6)3-1/h2-4,8H,5-7H2,1H3;6-8H,1-5H2. The van der Waals surface area contributed by atoms with Crippen LogP contribution < -0.4 is 5.32 Å². The van der Waals surface area contributed by atoms with Crippen molar-refractivity contribution < 1.29 is 9.26 Å². The van der Waals surface area contributed by atoms with E-state index in [2.05, 4.69) is 10.5 Å². The summed E-state index contributed by atoms with van der Waals surface area (Å²) < 4.78 is 10.7. The second-order valence-corrected chi connectivity index (χ2v) is 8.60. The number of fused-ring (bicyclic) bond motifs is 1. The molecule has 27 heavy (non-hydrogen) atoms. The average molecular weight is 409 g/mol. The molecule has 1 N–H and O–H groups in total. The smallest absolute Gasteiger partial charge is 0.145 e. The molecule has 6 heteroatoms. The van der Waals surface area contributed by atoms with Crippen LogP contribution in [-0.4, -0.2) is 25.4 Å². The van der Waals surface area contributed by atoms with Crippen LogP contribution in [0.15, 0.2) is 22.7 Å². The van der Waals surface area contributed by atoms with Crippen molar-refractivity contribution in [3.63, 3.8) is 0 Å². The molecule has 2 atom stereocenters. The van der Waals surface area contributed by atoms with Crippen molar-refractivity contribution in [3.8, 4) is 11.3 Å². The van der Waals surface area contributed by atoms with E-state index in [1.165, 1.54) is 32.4 Å². The lowest BCUT2D eigenvalue weighted by Gasteiger charge is -2.06. The normalized spacial score (nSPS) is 23.8. The van der Waals surface area contributed by atoms with E-state index in [1.54, 1.807) is 19.2 Å². The lowest BCUT2D eigenvalue weighted by molar-refractivity contribution is 0.183. The first-order chi connectivity index (χ1) is 13.2. The lowest BCUT2D eigenvalue weighted by Crippen LogP contribution is -2.08. The summed E-state index contributed by atoms with van der Waals surface area (Å²) in [6.45, 7) is 3.07. The number of benzene rings is 1. The molecular weight excluding hydrogens is 383 g/mol. The minimum absolute atomic E-state index is 0.451. The van der Waals surface area contributed by atoms with E-state index >= 15 is 0 Å². The van der Waals surface area contributed by atoms with Gasteiger partial charge in [0, 0.05) is 24.2 Å². The summed E-state index contributed by atoms with van der Waals surface area (Å²) in [4.78, 5) is 0. The van der Waals surface area contributed by atoms with Gasteiger partial charge in [-0.3, -0.25) is 0 Å². The molecule has 4 nitrogen and oxygen atoms in total. The van der Waals surface area contributed by atoms with Gasteiger partial charge in [-0.25, -0.2) is 0 Å². The molecule has 0 amide bonds. The number of hydrogen-bond acceptors (Lipinski definition) is 4. The van der Waals surface area contributed by atoms with Crippen LogP contribution in [0.4, 0.5) is 0 Å².